The van der Waals surface area contributed by atoms with E-state index in [0.717, 1.165) is 18.0 Å². The Hall–Kier alpha value is -0.850. The molecule has 0 radical (unpaired) electrons. The van der Waals surface area contributed by atoms with Gasteiger partial charge < -0.3 is 0 Å². The Bertz CT molecular complexity index is 404. The first-order valence-corrected chi connectivity index (χ1v) is 6.92. The molecule has 17 heavy (non-hydrogen) atoms. The summed E-state index contributed by atoms with van der Waals surface area (Å²) in [6.07, 6.45) is 3.03. The monoisotopic (exact) mass is 250 g/mol. The van der Waals surface area contributed by atoms with E-state index in [2.05, 4.69) is 56.8 Å². The van der Waals surface area contributed by atoms with Crippen molar-refractivity contribution in [2.45, 2.75) is 47.1 Å². The average Bonchev–Trinajstić information content (AvgIpc) is 2.71. The van der Waals surface area contributed by atoms with Gasteiger partial charge in [-0.15, -0.1) is 11.3 Å². The number of rotatable bonds is 4. The molecule has 1 heterocycles. The van der Waals surface area contributed by atoms with E-state index in [4.69, 9.17) is 0 Å². The van der Waals surface area contributed by atoms with E-state index >= 15 is 0 Å². The predicted octanol–water partition coefficient (Wildman–Crippen LogP) is 3.41. The fourth-order valence-corrected chi connectivity index (χ4v) is 2.17. The van der Waals surface area contributed by atoms with Crippen molar-refractivity contribution in [1.82, 2.24) is 10.3 Å². The standard InChI is InChI=1S/C14H22N2S/c1-6-12-10-16-13(17-12)11(2)15-9-7-8-14(3,4)5/h10-11,15H,6,9H2,1-5H3. The Kier molecular flexibility index (Phi) is 5.17. The molecule has 0 bridgehead atoms. The maximum absolute atomic E-state index is 4.42. The molecule has 1 aromatic heterocycles. The van der Waals surface area contributed by atoms with Crippen molar-refractivity contribution in [3.05, 3.63) is 16.1 Å². The summed E-state index contributed by atoms with van der Waals surface area (Å²) in [5, 5.41) is 4.54. The molecule has 1 rings (SSSR count). The predicted molar refractivity (Wildman–Crippen MR) is 75.1 cm³/mol. The second kappa shape index (κ2) is 6.18. The van der Waals surface area contributed by atoms with Crippen molar-refractivity contribution in [1.29, 1.82) is 0 Å². The summed E-state index contributed by atoms with van der Waals surface area (Å²) < 4.78 is 0. The van der Waals surface area contributed by atoms with Gasteiger partial charge >= 0.3 is 0 Å². The van der Waals surface area contributed by atoms with Gasteiger partial charge in [-0.1, -0.05) is 18.8 Å². The fourth-order valence-electron chi connectivity index (χ4n) is 1.29. The van der Waals surface area contributed by atoms with Crippen LogP contribution in [0.3, 0.4) is 0 Å². The highest BCUT2D eigenvalue weighted by Crippen LogP contribution is 2.19. The van der Waals surface area contributed by atoms with Crippen molar-refractivity contribution < 1.29 is 0 Å². The smallest absolute Gasteiger partial charge is 0.109 e. The average molecular weight is 250 g/mol. The lowest BCUT2D eigenvalue weighted by molar-refractivity contribution is 0.568. The van der Waals surface area contributed by atoms with Crippen LogP contribution in [0.5, 0.6) is 0 Å². The van der Waals surface area contributed by atoms with Gasteiger partial charge in [-0.3, -0.25) is 5.32 Å². The van der Waals surface area contributed by atoms with Gasteiger partial charge in [0.05, 0.1) is 12.6 Å². The van der Waals surface area contributed by atoms with Gasteiger partial charge in [0.2, 0.25) is 0 Å². The summed E-state index contributed by atoms with van der Waals surface area (Å²) in [6.45, 7) is 11.4. The number of aromatic nitrogens is 1. The lowest BCUT2D eigenvalue weighted by atomic mass is 9.98. The zero-order chi connectivity index (χ0) is 12.9. The van der Waals surface area contributed by atoms with Crippen LogP contribution >= 0.6 is 11.3 Å². The minimum Gasteiger partial charge on any atom is -0.297 e. The molecule has 0 amide bonds. The first kappa shape index (κ1) is 14.2. The third kappa shape index (κ3) is 5.34. The van der Waals surface area contributed by atoms with Crippen LogP contribution in [-0.2, 0) is 6.42 Å². The molecule has 1 unspecified atom stereocenters. The topological polar surface area (TPSA) is 24.9 Å². The molecule has 0 aliphatic rings. The van der Waals surface area contributed by atoms with Crippen molar-refractivity contribution >= 4 is 11.3 Å². The van der Waals surface area contributed by atoms with E-state index in [-0.39, 0.29) is 11.5 Å². The number of thiazole rings is 1. The van der Waals surface area contributed by atoms with Gasteiger partial charge in [0.1, 0.15) is 5.01 Å². The maximum atomic E-state index is 4.42. The van der Waals surface area contributed by atoms with Gasteiger partial charge in [-0.05, 0) is 34.1 Å². The first-order chi connectivity index (χ1) is 7.92. The van der Waals surface area contributed by atoms with Crippen LogP contribution in [0.25, 0.3) is 0 Å². The van der Waals surface area contributed by atoms with E-state index in [0.29, 0.717) is 0 Å². The summed E-state index contributed by atoms with van der Waals surface area (Å²) in [5.74, 6) is 6.38. The molecule has 0 saturated heterocycles. The minimum atomic E-state index is 0.0848. The minimum absolute atomic E-state index is 0.0848. The van der Waals surface area contributed by atoms with Crippen LogP contribution in [0, 0.1) is 17.3 Å². The molecule has 94 valence electrons. The SMILES string of the molecule is CCc1cnc(C(C)NCC#CC(C)(C)C)s1. The van der Waals surface area contributed by atoms with Crippen LogP contribution < -0.4 is 5.32 Å². The van der Waals surface area contributed by atoms with Crippen molar-refractivity contribution in [3.63, 3.8) is 0 Å². The van der Waals surface area contributed by atoms with Crippen molar-refractivity contribution in [2.75, 3.05) is 6.54 Å². The summed E-state index contributed by atoms with van der Waals surface area (Å²) in [7, 11) is 0. The Morgan fingerprint density at radius 2 is 2.18 bits per heavy atom. The fraction of sp³-hybridized carbons (Fsp3) is 0.643. The molecule has 1 atom stereocenters. The molecule has 0 saturated carbocycles. The lowest BCUT2D eigenvalue weighted by Gasteiger charge is -2.09. The van der Waals surface area contributed by atoms with Gasteiger partial charge in [0, 0.05) is 16.5 Å². The summed E-state index contributed by atoms with van der Waals surface area (Å²) >= 11 is 1.78. The van der Waals surface area contributed by atoms with Crippen LogP contribution in [0.4, 0.5) is 0 Å². The summed E-state index contributed by atoms with van der Waals surface area (Å²) in [5.41, 5.74) is 0.0848. The van der Waals surface area contributed by atoms with Gasteiger partial charge in [0.15, 0.2) is 0 Å². The summed E-state index contributed by atoms with van der Waals surface area (Å²) in [4.78, 5) is 5.76. The van der Waals surface area contributed by atoms with Gasteiger partial charge in [-0.25, -0.2) is 4.98 Å². The highest BCUT2D eigenvalue weighted by atomic mass is 32.1. The quantitative estimate of drug-likeness (QED) is 0.828. The molecule has 1 aromatic rings. The molecule has 0 fully saturated rings. The third-order valence-corrected chi connectivity index (χ3v) is 3.57. The lowest BCUT2D eigenvalue weighted by Crippen LogP contribution is -2.18. The maximum Gasteiger partial charge on any atom is 0.109 e. The Morgan fingerprint density at radius 1 is 1.47 bits per heavy atom. The van der Waals surface area contributed by atoms with Crippen LogP contribution in [0.15, 0.2) is 6.20 Å². The second-order valence-corrected chi connectivity index (χ2v) is 6.32. The Morgan fingerprint density at radius 3 is 2.71 bits per heavy atom. The molecule has 0 aliphatic carbocycles. The number of nitrogens with one attached hydrogen (secondary N) is 1. The molecule has 0 aromatic carbocycles. The van der Waals surface area contributed by atoms with E-state index in [1.165, 1.54) is 4.88 Å². The molecule has 2 nitrogen and oxygen atoms in total. The third-order valence-electron chi connectivity index (χ3n) is 2.25. The van der Waals surface area contributed by atoms with Crippen LogP contribution in [-0.4, -0.2) is 11.5 Å². The molecule has 1 N–H and O–H groups in total. The highest BCUT2D eigenvalue weighted by molar-refractivity contribution is 7.11. The first-order valence-electron chi connectivity index (χ1n) is 6.10. The van der Waals surface area contributed by atoms with E-state index in [1.54, 1.807) is 11.3 Å². The normalized spacial score (nSPS) is 13.0. The largest absolute Gasteiger partial charge is 0.297 e. The Balaban J connectivity index is 2.44. The zero-order valence-electron chi connectivity index (χ0n) is 11.4. The van der Waals surface area contributed by atoms with E-state index < -0.39 is 0 Å². The van der Waals surface area contributed by atoms with Crippen LogP contribution in [0.2, 0.25) is 0 Å². The highest BCUT2D eigenvalue weighted by Gasteiger charge is 2.08. The molecule has 3 heteroatoms. The molecular formula is C14H22N2S. The van der Waals surface area contributed by atoms with Crippen molar-refractivity contribution in [3.8, 4) is 11.8 Å². The van der Waals surface area contributed by atoms with Crippen molar-refractivity contribution in [2.24, 2.45) is 5.41 Å². The number of hydrogen-bond acceptors (Lipinski definition) is 3. The molecule has 0 spiro atoms. The molecule has 0 aliphatic heterocycles. The van der Waals surface area contributed by atoms with E-state index in [1.807, 2.05) is 6.20 Å². The summed E-state index contributed by atoms with van der Waals surface area (Å²) in [6, 6.07) is 0.287. The second-order valence-electron chi connectivity index (χ2n) is 5.17. The van der Waals surface area contributed by atoms with E-state index in [9.17, 15) is 0 Å². The van der Waals surface area contributed by atoms with Gasteiger partial charge in [-0.2, -0.15) is 0 Å². The number of aryl methyl sites for hydroxylation is 1. The Labute approximate surface area is 109 Å². The molecular weight excluding hydrogens is 228 g/mol. The zero-order valence-corrected chi connectivity index (χ0v) is 12.2. The van der Waals surface area contributed by atoms with Crippen LogP contribution in [0.1, 0.15) is 50.5 Å². The number of hydrogen-bond donors (Lipinski definition) is 1. The van der Waals surface area contributed by atoms with Gasteiger partial charge in [0.25, 0.3) is 0 Å². The number of nitrogens with zero attached hydrogens (tertiary/aromatic N) is 1.